The Balaban J connectivity index is 0.000000255. The molecule has 1 saturated heterocycles. The van der Waals surface area contributed by atoms with Gasteiger partial charge in [-0.2, -0.15) is 0 Å². The fourth-order valence-electron chi connectivity index (χ4n) is 3.46. The van der Waals surface area contributed by atoms with Gasteiger partial charge in [-0.25, -0.2) is 0 Å². The number of aliphatic carboxylic acids is 2. The van der Waals surface area contributed by atoms with Crippen LogP contribution in [0.1, 0.15) is 46.5 Å². The summed E-state index contributed by atoms with van der Waals surface area (Å²) in [5.74, 6) is -2.34. The van der Waals surface area contributed by atoms with E-state index < -0.39 is 28.7 Å². The van der Waals surface area contributed by atoms with Crippen LogP contribution in [0.3, 0.4) is 0 Å². The highest BCUT2D eigenvalue weighted by Gasteiger charge is 2.58. The van der Waals surface area contributed by atoms with Crippen LogP contribution in [0.2, 0.25) is 0 Å². The number of carboxylic acids is 2. The molecule has 0 aromatic carbocycles. The predicted octanol–water partition coefficient (Wildman–Crippen LogP) is 1.67. The fraction of sp³-hybridized carbons (Fsp3) is 0.875. The van der Waals surface area contributed by atoms with Crippen molar-refractivity contribution in [1.29, 1.82) is 0 Å². The lowest BCUT2D eigenvalue weighted by molar-refractivity contribution is -0.157. The van der Waals surface area contributed by atoms with Gasteiger partial charge in [0.1, 0.15) is 0 Å². The van der Waals surface area contributed by atoms with E-state index in [1.54, 1.807) is 20.8 Å². The van der Waals surface area contributed by atoms with Crippen molar-refractivity contribution in [3.8, 4) is 0 Å². The Hall–Kier alpha value is -1.14. The molecule has 2 rings (SSSR count). The van der Waals surface area contributed by atoms with Crippen molar-refractivity contribution < 1.29 is 24.9 Å². The zero-order valence-electron chi connectivity index (χ0n) is 13.8. The van der Waals surface area contributed by atoms with Crippen molar-refractivity contribution in [3.63, 3.8) is 0 Å². The van der Waals surface area contributed by atoms with Crippen LogP contribution in [0.5, 0.6) is 0 Å². The van der Waals surface area contributed by atoms with E-state index >= 15 is 0 Å². The fourth-order valence-corrected chi connectivity index (χ4v) is 3.46. The Morgan fingerprint density at radius 3 is 2.00 bits per heavy atom. The van der Waals surface area contributed by atoms with Gasteiger partial charge in [0.05, 0.1) is 17.9 Å². The first-order chi connectivity index (χ1) is 10.2. The normalized spacial score (nSPS) is 30.6. The number of carboxylic acid groups (broad SMARTS) is 2. The third-order valence-electron chi connectivity index (χ3n) is 5.61. The molecular weight excluding hydrogens is 286 g/mol. The van der Waals surface area contributed by atoms with Crippen molar-refractivity contribution in [2.24, 2.45) is 16.7 Å². The second-order valence-corrected chi connectivity index (χ2v) is 7.06. The number of likely N-dealkylation sites (tertiary alicyclic amines) is 1. The highest BCUT2D eigenvalue weighted by molar-refractivity contribution is 5.80. The number of hydrogen-bond donors (Lipinski definition) is 3. The molecule has 1 saturated carbocycles. The SMILES string of the molecule is CC1(C)[C@@H](C(=O)O)CC[C@@]1(C)C(=O)O.OCCN1CCCC1. The van der Waals surface area contributed by atoms with Gasteiger partial charge in [0.25, 0.3) is 0 Å². The van der Waals surface area contributed by atoms with Crippen molar-refractivity contribution in [2.75, 3.05) is 26.2 Å². The minimum atomic E-state index is -0.921. The average Bonchev–Trinajstić information content (AvgIpc) is 2.99. The molecule has 0 unspecified atom stereocenters. The molecular formula is C16H29NO5. The molecule has 6 heteroatoms. The van der Waals surface area contributed by atoms with Gasteiger partial charge in [0.2, 0.25) is 0 Å². The summed E-state index contributed by atoms with van der Waals surface area (Å²) < 4.78 is 0. The molecule has 0 aromatic heterocycles. The lowest BCUT2D eigenvalue weighted by Gasteiger charge is -2.36. The van der Waals surface area contributed by atoms with Gasteiger partial charge in [-0.05, 0) is 51.1 Å². The summed E-state index contributed by atoms with van der Waals surface area (Å²) in [7, 11) is 0. The third kappa shape index (κ3) is 3.79. The second kappa shape index (κ2) is 7.42. The summed E-state index contributed by atoms with van der Waals surface area (Å²) in [5, 5.41) is 26.6. The van der Waals surface area contributed by atoms with E-state index in [1.807, 2.05) is 0 Å². The van der Waals surface area contributed by atoms with Gasteiger partial charge in [0.15, 0.2) is 0 Å². The van der Waals surface area contributed by atoms with E-state index in [2.05, 4.69) is 4.90 Å². The molecule has 0 amide bonds. The molecule has 1 aliphatic carbocycles. The first-order valence-electron chi connectivity index (χ1n) is 7.96. The van der Waals surface area contributed by atoms with E-state index in [0.29, 0.717) is 19.4 Å². The summed E-state index contributed by atoms with van der Waals surface area (Å²) in [6.45, 7) is 8.68. The Morgan fingerprint density at radius 1 is 1.14 bits per heavy atom. The highest BCUT2D eigenvalue weighted by Crippen LogP contribution is 2.56. The largest absolute Gasteiger partial charge is 0.481 e. The molecule has 0 radical (unpaired) electrons. The summed E-state index contributed by atoms with van der Waals surface area (Å²) >= 11 is 0. The topological polar surface area (TPSA) is 98.1 Å². The number of aliphatic hydroxyl groups is 1. The Morgan fingerprint density at radius 2 is 1.68 bits per heavy atom. The molecule has 0 aromatic rings. The van der Waals surface area contributed by atoms with Gasteiger partial charge in [0, 0.05) is 6.54 Å². The van der Waals surface area contributed by atoms with Gasteiger partial charge in [-0.15, -0.1) is 0 Å². The van der Waals surface area contributed by atoms with Gasteiger partial charge >= 0.3 is 11.9 Å². The van der Waals surface area contributed by atoms with E-state index in [1.165, 1.54) is 25.9 Å². The third-order valence-corrected chi connectivity index (χ3v) is 5.61. The molecule has 22 heavy (non-hydrogen) atoms. The zero-order valence-corrected chi connectivity index (χ0v) is 13.8. The maximum atomic E-state index is 11.1. The molecule has 0 bridgehead atoms. The zero-order chi connectivity index (χ0) is 17.0. The predicted molar refractivity (Wildman–Crippen MR) is 82.6 cm³/mol. The molecule has 128 valence electrons. The average molecular weight is 315 g/mol. The molecule has 0 spiro atoms. The maximum absolute atomic E-state index is 11.1. The number of carbonyl (C=O) groups is 2. The Labute approximate surface area is 132 Å². The monoisotopic (exact) mass is 315 g/mol. The van der Waals surface area contributed by atoms with E-state index in [9.17, 15) is 9.59 Å². The first kappa shape index (κ1) is 18.9. The van der Waals surface area contributed by atoms with Crippen molar-refractivity contribution in [1.82, 2.24) is 4.90 Å². The van der Waals surface area contributed by atoms with Crippen LogP contribution in [0.15, 0.2) is 0 Å². The van der Waals surface area contributed by atoms with Crippen LogP contribution in [-0.4, -0.2) is 58.4 Å². The summed E-state index contributed by atoms with van der Waals surface area (Å²) in [4.78, 5) is 24.3. The lowest BCUT2D eigenvalue weighted by atomic mass is 9.66. The quantitative estimate of drug-likeness (QED) is 0.730. The van der Waals surface area contributed by atoms with E-state index in [0.717, 1.165) is 6.54 Å². The smallest absolute Gasteiger partial charge is 0.309 e. The Kier molecular flexibility index (Phi) is 6.38. The highest BCUT2D eigenvalue weighted by atomic mass is 16.4. The number of aliphatic hydroxyl groups excluding tert-OH is 1. The summed E-state index contributed by atoms with van der Waals surface area (Å²) in [6.07, 6.45) is 3.53. The van der Waals surface area contributed by atoms with Crippen LogP contribution < -0.4 is 0 Å². The Bertz CT molecular complexity index is 403. The minimum absolute atomic E-state index is 0.319. The molecule has 2 atom stereocenters. The van der Waals surface area contributed by atoms with Crippen LogP contribution >= 0.6 is 0 Å². The second-order valence-electron chi connectivity index (χ2n) is 7.06. The molecule has 3 N–H and O–H groups in total. The van der Waals surface area contributed by atoms with Crippen molar-refractivity contribution in [3.05, 3.63) is 0 Å². The minimum Gasteiger partial charge on any atom is -0.481 e. The van der Waals surface area contributed by atoms with Crippen LogP contribution in [0.4, 0.5) is 0 Å². The lowest BCUT2D eigenvalue weighted by Crippen LogP contribution is -2.42. The summed E-state index contributed by atoms with van der Waals surface area (Å²) in [5.41, 5.74) is -1.61. The summed E-state index contributed by atoms with van der Waals surface area (Å²) in [6, 6.07) is 0. The molecule has 6 nitrogen and oxygen atoms in total. The van der Waals surface area contributed by atoms with Gasteiger partial charge < -0.3 is 20.2 Å². The number of nitrogens with zero attached hydrogens (tertiary/aromatic N) is 1. The number of rotatable bonds is 4. The number of hydrogen-bond acceptors (Lipinski definition) is 4. The van der Waals surface area contributed by atoms with Crippen molar-refractivity contribution in [2.45, 2.75) is 46.5 Å². The molecule has 1 heterocycles. The van der Waals surface area contributed by atoms with Crippen LogP contribution in [0.25, 0.3) is 0 Å². The van der Waals surface area contributed by atoms with Crippen molar-refractivity contribution >= 4 is 11.9 Å². The van der Waals surface area contributed by atoms with Crippen LogP contribution in [-0.2, 0) is 9.59 Å². The first-order valence-corrected chi connectivity index (χ1v) is 7.96. The van der Waals surface area contributed by atoms with E-state index in [4.69, 9.17) is 15.3 Å². The number of β-amino-alcohol motifs (C(OH)–C–C–N with tert-alkyl or cyclic N) is 1. The maximum Gasteiger partial charge on any atom is 0.309 e. The van der Waals surface area contributed by atoms with E-state index in [-0.39, 0.29) is 0 Å². The molecule has 2 aliphatic rings. The molecule has 1 aliphatic heterocycles. The van der Waals surface area contributed by atoms with Crippen LogP contribution in [0, 0.1) is 16.7 Å². The van der Waals surface area contributed by atoms with Gasteiger partial charge in [-0.3, -0.25) is 9.59 Å². The van der Waals surface area contributed by atoms with Gasteiger partial charge in [-0.1, -0.05) is 13.8 Å². The molecule has 2 fully saturated rings. The standard InChI is InChI=1S/C10H16O4.C6H13NO/c1-9(2)6(7(11)12)4-5-10(9,3)8(13)14;8-6-5-7-3-1-2-4-7/h6H,4-5H2,1-3H3,(H,11,12)(H,13,14);8H,1-6H2/t6-,10+;/m1./s1.